The molecule has 0 bridgehead atoms. The molecular formula is C16H17ClFNO2. The van der Waals surface area contributed by atoms with Gasteiger partial charge in [-0.25, -0.2) is 4.39 Å². The lowest BCUT2D eigenvalue weighted by atomic mass is 9.97. The van der Waals surface area contributed by atoms with E-state index in [4.69, 9.17) is 26.8 Å². The van der Waals surface area contributed by atoms with Gasteiger partial charge in [-0.3, -0.25) is 0 Å². The fourth-order valence-electron chi connectivity index (χ4n) is 2.30. The summed E-state index contributed by atoms with van der Waals surface area (Å²) in [6.45, 7) is 0. The molecule has 2 N–H and O–H groups in total. The summed E-state index contributed by atoms with van der Waals surface area (Å²) in [7, 11) is 3.06. The summed E-state index contributed by atoms with van der Waals surface area (Å²) in [5.74, 6) is 0.719. The molecule has 0 aliphatic rings. The lowest BCUT2D eigenvalue weighted by Crippen LogP contribution is -2.16. The normalized spacial score (nSPS) is 12.0. The van der Waals surface area contributed by atoms with Crippen LogP contribution in [0.3, 0.4) is 0 Å². The van der Waals surface area contributed by atoms with Gasteiger partial charge in [-0.05, 0) is 42.3 Å². The maximum absolute atomic E-state index is 14.0. The SMILES string of the molecule is COc1ccc(Cl)cc1CC(N)c1c(F)cccc1OC. The Morgan fingerprint density at radius 1 is 1.14 bits per heavy atom. The summed E-state index contributed by atoms with van der Waals surface area (Å²) in [6.07, 6.45) is 0.390. The molecule has 0 amide bonds. The van der Waals surface area contributed by atoms with Crippen molar-refractivity contribution in [3.63, 3.8) is 0 Å². The highest BCUT2D eigenvalue weighted by Gasteiger charge is 2.19. The zero-order chi connectivity index (χ0) is 15.4. The van der Waals surface area contributed by atoms with Crippen molar-refractivity contribution in [2.45, 2.75) is 12.5 Å². The summed E-state index contributed by atoms with van der Waals surface area (Å²) in [4.78, 5) is 0. The number of benzene rings is 2. The van der Waals surface area contributed by atoms with Crippen LogP contribution in [-0.4, -0.2) is 14.2 Å². The van der Waals surface area contributed by atoms with Gasteiger partial charge < -0.3 is 15.2 Å². The van der Waals surface area contributed by atoms with Gasteiger partial charge in [-0.1, -0.05) is 17.7 Å². The van der Waals surface area contributed by atoms with Crippen molar-refractivity contribution in [3.8, 4) is 11.5 Å². The number of nitrogens with two attached hydrogens (primary N) is 1. The molecule has 1 unspecified atom stereocenters. The van der Waals surface area contributed by atoms with Gasteiger partial charge in [0.05, 0.1) is 14.2 Å². The molecule has 0 aliphatic carbocycles. The van der Waals surface area contributed by atoms with E-state index in [0.29, 0.717) is 28.5 Å². The van der Waals surface area contributed by atoms with Crippen LogP contribution in [0.25, 0.3) is 0 Å². The molecule has 2 aromatic carbocycles. The van der Waals surface area contributed by atoms with E-state index in [9.17, 15) is 4.39 Å². The highest BCUT2D eigenvalue weighted by Crippen LogP contribution is 2.31. The molecule has 112 valence electrons. The van der Waals surface area contributed by atoms with E-state index in [2.05, 4.69) is 0 Å². The number of methoxy groups -OCH3 is 2. The van der Waals surface area contributed by atoms with Crippen molar-refractivity contribution >= 4 is 11.6 Å². The van der Waals surface area contributed by atoms with Crippen molar-refractivity contribution < 1.29 is 13.9 Å². The Labute approximate surface area is 128 Å². The Balaban J connectivity index is 2.34. The zero-order valence-corrected chi connectivity index (χ0v) is 12.7. The minimum atomic E-state index is -0.562. The maximum atomic E-state index is 14.0. The highest BCUT2D eigenvalue weighted by molar-refractivity contribution is 6.30. The Morgan fingerprint density at radius 3 is 2.52 bits per heavy atom. The van der Waals surface area contributed by atoms with Crippen LogP contribution in [0.15, 0.2) is 36.4 Å². The van der Waals surface area contributed by atoms with E-state index in [0.717, 1.165) is 5.56 Å². The van der Waals surface area contributed by atoms with Gasteiger partial charge in [-0.15, -0.1) is 0 Å². The topological polar surface area (TPSA) is 44.5 Å². The molecule has 1 atom stereocenters. The first kappa shape index (κ1) is 15.6. The van der Waals surface area contributed by atoms with Crippen LogP contribution in [0.1, 0.15) is 17.2 Å². The van der Waals surface area contributed by atoms with Crippen LogP contribution in [0.5, 0.6) is 11.5 Å². The smallest absolute Gasteiger partial charge is 0.131 e. The minimum Gasteiger partial charge on any atom is -0.496 e. The van der Waals surface area contributed by atoms with E-state index < -0.39 is 6.04 Å². The van der Waals surface area contributed by atoms with Crippen molar-refractivity contribution in [2.24, 2.45) is 5.73 Å². The van der Waals surface area contributed by atoms with Gasteiger partial charge in [0.2, 0.25) is 0 Å². The van der Waals surface area contributed by atoms with E-state index >= 15 is 0 Å². The van der Waals surface area contributed by atoms with Gasteiger partial charge in [0.15, 0.2) is 0 Å². The Kier molecular flexibility index (Phi) is 5.04. The number of rotatable bonds is 5. The Hall–Kier alpha value is -1.78. The Morgan fingerprint density at radius 2 is 1.86 bits per heavy atom. The van der Waals surface area contributed by atoms with Gasteiger partial charge >= 0.3 is 0 Å². The average molecular weight is 310 g/mol. The molecule has 0 aromatic heterocycles. The van der Waals surface area contributed by atoms with Crippen LogP contribution >= 0.6 is 11.6 Å². The summed E-state index contributed by atoms with van der Waals surface area (Å²) < 4.78 is 24.5. The van der Waals surface area contributed by atoms with Crippen molar-refractivity contribution in [3.05, 3.63) is 58.4 Å². The molecular weight excluding hydrogens is 293 g/mol. The quantitative estimate of drug-likeness (QED) is 0.915. The second kappa shape index (κ2) is 6.78. The van der Waals surface area contributed by atoms with Crippen LogP contribution in [-0.2, 0) is 6.42 Å². The van der Waals surface area contributed by atoms with Crippen LogP contribution < -0.4 is 15.2 Å². The Bertz CT molecular complexity index is 634. The molecule has 0 heterocycles. The van der Waals surface area contributed by atoms with Crippen molar-refractivity contribution in [1.82, 2.24) is 0 Å². The van der Waals surface area contributed by atoms with Crippen LogP contribution in [0, 0.1) is 5.82 Å². The van der Waals surface area contributed by atoms with Crippen LogP contribution in [0.2, 0.25) is 5.02 Å². The average Bonchev–Trinajstić information content (AvgIpc) is 2.47. The summed E-state index contributed by atoms with van der Waals surface area (Å²) >= 11 is 6.00. The van der Waals surface area contributed by atoms with E-state index in [-0.39, 0.29) is 5.82 Å². The third-order valence-corrected chi connectivity index (χ3v) is 3.52. The number of halogens is 2. The molecule has 5 heteroatoms. The molecule has 3 nitrogen and oxygen atoms in total. The first-order valence-electron chi connectivity index (χ1n) is 6.47. The second-order valence-corrected chi connectivity index (χ2v) is 5.06. The number of hydrogen-bond donors (Lipinski definition) is 1. The molecule has 0 spiro atoms. The zero-order valence-electron chi connectivity index (χ0n) is 11.9. The van der Waals surface area contributed by atoms with E-state index in [1.807, 2.05) is 0 Å². The number of hydrogen-bond acceptors (Lipinski definition) is 3. The standard InChI is InChI=1S/C16H17ClFNO2/c1-20-14-7-6-11(17)8-10(14)9-13(19)16-12(18)4-3-5-15(16)21-2/h3-8,13H,9,19H2,1-2H3. The second-order valence-electron chi connectivity index (χ2n) is 4.62. The minimum absolute atomic E-state index is 0.349. The molecule has 2 rings (SSSR count). The van der Waals surface area contributed by atoms with Crippen molar-refractivity contribution in [2.75, 3.05) is 14.2 Å². The predicted molar refractivity (Wildman–Crippen MR) is 81.6 cm³/mol. The van der Waals surface area contributed by atoms with Gasteiger partial charge in [0, 0.05) is 16.6 Å². The molecule has 0 saturated carbocycles. The van der Waals surface area contributed by atoms with E-state index in [1.165, 1.54) is 13.2 Å². The molecule has 0 radical (unpaired) electrons. The fraction of sp³-hybridized carbons (Fsp3) is 0.250. The third-order valence-electron chi connectivity index (χ3n) is 3.29. The fourth-order valence-corrected chi connectivity index (χ4v) is 2.50. The van der Waals surface area contributed by atoms with Gasteiger partial charge in [0.25, 0.3) is 0 Å². The monoisotopic (exact) mass is 309 g/mol. The van der Waals surface area contributed by atoms with E-state index in [1.54, 1.807) is 37.4 Å². The lowest BCUT2D eigenvalue weighted by Gasteiger charge is -2.18. The van der Waals surface area contributed by atoms with Gasteiger partial charge in [-0.2, -0.15) is 0 Å². The summed E-state index contributed by atoms with van der Waals surface area (Å²) in [6, 6.07) is 9.36. The first-order chi connectivity index (χ1) is 10.1. The molecule has 0 fully saturated rings. The molecule has 0 aliphatic heterocycles. The molecule has 21 heavy (non-hydrogen) atoms. The van der Waals surface area contributed by atoms with Crippen LogP contribution in [0.4, 0.5) is 4.39 Å². The maximum Gasteiger partial charge on any atom is 0.131 e. The largest absolute Gasteiger partial charge is 0.496 e. The lowest BCUT2D eigenvalue weighted by molar-refractivity contribution is 0.395. The van der Waals surface area contributed by atoms with Gasteiger partial charge in [0.1, 0.15) is 17.3 Å². The summed E-state index contributed by atoms with van der Waals surface area (Å²) in [5.41, 5.74) is 7.33. The summed E-state index contributed by atoms with van der Waals surface area (Å²) in [5, 5.41) is 0.582. The first-order valence-corrected chi connectivity index (χ1v) is 6.85. The van der Waals surface area contributed by atoms with Crippen molar-refractivity contribution in [1.29, 1.82) is 0 Å². The molecule has 0 saturated heterocycles. The third kappa shape index (κ3) is 3.46. The number of ether oxygens (including phenoxy) is 2. The molecule has 2 aromatic rings. The predicted octanol–water partition coefficient (Wildman–Crippen LogP) is 3.74. The highest BCUT2D eigenvalue weighted by atomic mass is 35.5.